The van der Waals surface area contributed by atoms with Crippen LogP contribution in [0.5, 0.6) is 0 Å². The number of anilines is 1. The molecule has 1 aliphatic heterocycles. The van der Waals surface area contributed by atoms with Gasteiger partial charge in [-0.15, -0.1) is 0 Å². The summed E-state index contributed by atoms with van der Waals surface area (Å²) in [6.07, 6.45) is 1.73. The first-order valence-electron chi connectivity index (χ1n) is 8.95. The molecule has 1 aromatic heterocycles. The number of benzene rings is 2. The molecule has 0 amide bonds. The van der Waals surface area contributed by atoms with Crippen molar-refractivity contribution in [3.05, 3.63) is 40.4 Å². The summed E-state index contributed by atoms with van der Waals surface area (Å²) in [4.78, 5) is 13.0. The summed E-state index contributed by atoms with van der Waals surface area (Å²) in [6.45, 7) is 1.06. The van der Waals surface area contributed by atoms with E-state index in [1.807, 2.05) is 24.3 Å². The number of nitrogen functional groups attached to an aromatic ring is 1. The van der Waals surface area contributed by atoms with Crippen LogP contribution in [0.4, 0.5) is 5.95 Å². The van der Waals surface area contributed by atoms with Crippen molar-refractivity contribution in [1.29, 1.82) is 0 Å². The summed E-state index contributed by atoms with van der Waals surface area (Å²) < 4.78 is 28.2. The predicted molar refractivity (Wildman–Crippen MR) is 116 cm³/mol. The minimum Gasteiger partial charge on any atom is -0.372 e. The fraction of sp³-hybridized carbons (Fsp3) is 0.316. The lowest BCUT2D eigenvalue weighted by Gasteiger charge is -2.20. The molecular formula is C19H19ClN4O3S2. The minimum absolute atomic E-state index is 0.0977. The SMILES string of the molecule is CS(=O)(=O)CCCSc1nc(N)nc(-c2c(Cl)cc3c4c(cccc24)COC3)n1. The van der Waals surface area contributed by atoms with E-state index in [2.05, 4.69) is 15.0 Å². The summed E-state index contributed by atoms with van der Waals surface area (Å²) in [5.41, 5.74) is 8.77. The highest BCUT2D eigenvalue weighted by atomic mass is 35.5. The number of aromatic nitrogens is 3. The Kier molecular flexibility index (Phi) is 5.65. The van der Waals surface area contributed by atoms with Gasteiger partial charge in [-0.25, -0.2) is 13.4 Å². The molecule has 2 aromatic carbocycles. The zero-order valence-electron chi connectivity index (χ0n) is 15.7. The van der Waals surface area contributed by atoms with Crippen molar-refractivity contribution in [3.63, 3.8) is 0 Å². The van der Waals surface area contributed by atoms with E-state index in [9.17, 15) is 8.42 Å². The highest BCUT2D eigenvalue weighted by molar-refractivity contribution is 7.99. The molecule has 0 fully saturated rings. The Morgan fingerprint density at radius 1 is 1.21 bits per heavy atom. The van der Waals surface area contributed by atoms with Crippen LogP contribution in [-0.2, 0) is 27.8 Å². The first-order chi connectivity index (χ1) is 13.8. The second-order valence-corrected chi connectivity index (χ2v) is 10.6. The third kappa shape index (κ3) is 4.48. The van der Waals surface area contributed by atoms with Crippen molar-refractivity contribution in [2.75, 3.05) is 23.5 Å². The van der Waals surface area contributed by atoms with Gasteiger partial charge in [0.2, 0.25) is 5.95 Å². The molecule has 10 heteroatoms. The van der Waals surface area contributed by atoms with Gasteiger partial charge in [0.15, 0.2) is 11.0 Å². The third-order valence-electron chi connectivity index (χ3n) is 4.54. The number of ether oxygens (including phenoxy) is 1. The topological polar surface area (TPSA) is 108 Å². The highest BCUT2D eigenvalue weighted by Crippen LogP contribution is 2.39. The molecule has 0 spiro atoms. The van der Waals surface area contributed by atoms with Crippen LogP contribution in [-0.4, -0.2) is 41.1 Å². The van der Waals surface area contributed by atoms with Gasteiger partial charge in [-0.3, -0.25) is 0 Å². The standard InChI is InChI=1S/C19H19ClN4O3S2/c1-29(25,26)7-3-6-28-19-23-17(22-18(21)24-19)16-13-5-2-4-11-9-27-10-12(15(11)13)8-14(16)20/h2,4-5,8H,3,6-7,9-10H2,1H3,(H2,21,22,23,24). The zero-order valence-corrected chi connectivity index (χ0v) is 18.1. The summed E-state index contributed by atoms with van der Waals surface area (Å²) >= 11 is 7.96. The van der Waals surface area contributed by atoms with Crippen molar-refractivity contribution >= 4 is 49.9 Å². The smallest absolute Gasteiger partial charge is 0.224 e. The Hall–Kier alpha value is -1.94. The quantitative estimate of drug-likeness (QED) is 0.449. The third-order valence-corrected chi connectivity index (χ3v) is 6.80. The maximum absolute atomic E-state index is 11.3. The fourth-order valence-electron chi connectivity index (χ4n) is 3.38. The minimum atomic E-state index is -2.99. The normalized spacial score (nSPS) is 13.7. The Morgan fingerprint density at radius 2 is 2.00 bits per heavy atom. The lowest BCUT2D eigenvalue weighted by molar-refractivity contribution is 0.103. The lowest BCUT2D eigenvalue weighted by atomic mass is 9.94. The van der Waals surface area contributed by atoms with Crippen molar-refractivity contribution in [2.24, 2.45) is 0 Å². The van der Waals surface area contributed by atoms with Crippen LogP contribution in [0.1, 0.15) is 17.5 Å². The lowest BCUT2D eigenvalue weighted by Crippen LogP contribution is -2.07. The molecule has 0 aliphatic carbocycles. The number of halogens is 1. The van der Waals surface area contributed by atoms with E-state index in [1.165, 1.54) is 18.0 Å². The van der Waals surface area contributed by atoms with Crippen LogP contribution in [0.25, 0.3) is 22.2 Å². The van der Waals surface area contributed by atoms with Gasteiger partial charge in [-0.05, 0) is 34.4 Å². The van der Waals surface area contributed by atoms with E-state index in [4.69, 9.17) is 22.1 Å². The number of nitrogens with zero attached hydrogens (tertiary/aromatic N) is 3. The van der Waals surface area contributed by atoms with E-state index < -0.39 is 9.84 Å². The largest absolute Gasteiger partial charge is 0.372 e. The molecule has 0 unspecified atom stereocenters. The molecule has 7 nitrogen and oxygen atoms in total. The van der Waals surface area contributed by atoms with Crippen molar-refractivity contribution in [1.82, 2.24) is 15.0 Å². The Bertz CT molecular complexity index is 1200. The molecule has 0 radical (unpaired) electrons. The second-order valence-electron chi connectivity index (χ2n) is 6.86. The number of sulfone groups is 1. The van der Waals surface area contributed by atoms with Gasteiger partial charge in [-0.1, -0.05) is 41.6 Å². The molecule has 1 aliphatic rings. The van der Waals surface area contributed by atoms with E-state index in [0.29, 0.717) is 47.0 Å². The average Bonchev–Trinajstić information content (AvgIpc) is 2.64. The molecule has 2 N–H and O–H groups in total. The molecule has 0 saturated carbocycles. The maximum atomic E-state index is 11.3. The molecule has 2 heterocycles. The van der Waals surface area contributed by atoms with Crippen LogP contribution >= 0.6 is 23.4 Å². The predicted octanol–water partition coefficient (Wildman–Crippen LogP) is 3.48. The fourth-order valence-corrected chi connectivity index (χ4v) is 5.33. The molecule has 0 atom stereocenters. The van der Waals surface area contributed by atoms with Gasteiger partial charge in [0, 0.05) is 17.6 Å². The van der Waals surface area contributed by atoms with Gasteiger partial charge < -0.3 is 10.5 Å². The average molecular weight is 451 g/mol. The van der Waals surface area contributed by atoms with Crippen LogP contribution in [0.15, 0.2) is 29.4 Å². The van der Waals surface area contributed by atoms with Gasteiger partial charge in [0.25, 0.3) is 0 Å². The number of thioether (sulfide) groups is 1. The maximum Gasteiger partial charge on any atom is 0.224 e. The zero-order chi connectivity index (χ0) is 20.6. The molecule has 29 heavy (non-hydrogen) atoms. The van der Waals surface area contributed by atoms with E-state index in [1.54, 1.807) is 0 Å². The molecule has 4 rings (SSSR count). The molecule has 152 valence electrons. The van der Waals surface area contributed by atoms with E-state index in [0.717, 1.165) is 21.9 Å². The van der Waals surface area contributed by atoms with Crippen LogP contribution in [0.3, 0.4) is 0 Å². The van der Waals surface area contributed by atoms with Crippen molar-refractivity contribution < 1.29 is 13.2 Å². The summed E-state index contributed by atoms with van der Waals surface area (Å²) in [5, 5.41) is 3.03. The number of hydrogen-bond donors (Lipinski definition) is 1. The van der Waals surface area contributed by atoms with Crippen LogP contribution in [0.2, 0.25) is 5.02 Å². The molecular weight excluding hydrogens is 432 g/mol. The molecule has 3 aromatic rings. The monoisotopic (exact) mass is 450 g/mol. The van der Waals surface area contributed by atoms with Gasteiger partial charge >= 0.3 is 0 Å². The first-order valence-corrected chi connectivity index (χ1v) is 12.4. The molecule has 0 bridgehead atoms. The van der Waals surface area contributed by atoms with Crippen molar-refractivity contribution in [2.45, 2.75) is 24.8 Å². The van der Waals surface area contributed by atoms with Crippen molar-refractivity contribution in [3.8, 4) is 11.4 Å². The number of hydrogen-bond acceptors (Lipinski definition) is 8. The van der Waals surface area contributed by atoms with Gasteiger partial charge in [0.1, 0.15) is 9.84 Å². The van der Waals surface area contributed by atoms with E-state index >= 15 is 0 Å². The van der Waals surface area contributed by atoms with Gasteiger partial charge in [-0.2, -0.15) is 9.97 Å². The van der Waals surface area contributed by atoms with Gasteiger partial charge in [0.05, 0.1) is 24.0 Å². The van der Waals surface area contributed by atoms with Crippen LogP contribution in [0, 0.1) is 0 Å². The number of rotatable bonds is 6. The van der Waals surface area contributed by atoms with Crippen LogP contribution < -0.4 is 5.73 Å². The first kappa shape index (κ1) is 20.3. The second kappa shape index (κ2) is 8.06. The number of nitrogens with two attached hydrogens (primary N) is 1. The Labute approximate surface area is 178 Å². The highest BCUT2D eigenvalue weighted by Gasteiger charge is 2.21. The summed E-state index contributed by atoms with van der Waals surface area (Å²) in [6, 6.07) is 7.88. The molecule has 0 saturated heterocycles. The Balaban J connectivity index is 1.72. The summed E-state index contributed by atoms with van der Waals surface area (Å²) in [5.74, 6) is 1.19. The Morgan fingerprint density at radius 3 is 2.79 bits per heavy atom. The summed E-state index contributed by atoms with van der Waals surface area (Å²) in [7, 11) is -2.99. The van der Waals surface area contributed by atoms with E-state index in [-0.39, 0.29) is 11.7 Å².